The van der Waals surface area contributed by atoms with Gasteiger partial charge in [-0.2, -0.15) is 4.98 Å². The first-order valence-corrected chi connectivity index (χ1v) is 8.26. The van der Waals surface area contributed by atoms with Crippen LogP contribution in [0.3, 0.4) is 0 Å². The number of hydrogen-bond donors (Lipinski definition) is 2. The van der Waals surface area contributed by atoms with Crippen LogP contribution >= 0.6 is 0 Å². The molecule has 0 radical (unpaired) electrons. The van der Waals surface area contributed by atoms with Crippen LogP contribution in [0, 0.1) is 5.92 Å². The molecule has 2 heterocycles. The van der Waals surface area contributed by atoms with Gasteiger partial charge in [0.15, 0.2) is 12.5 Å². The third-order valence-electron chi connectivity index (χ3n) is 3.73. The van der Waals surface area contributed by atoms with Gasteiger partial charge in [-0.1, -0.05) is 26.7 Å². The van der Waals surface area contributed by atoms with Gasteiger partial charge < -0.3 is 19.9 Å². The van der Waals surface area contributed by atoms with Crippen LogP contribution in [-0.2, 0) is 14.3 Å². The summed E-state index contributed by atoms with van der Waals surface area (Å²) in [7, 11) is 0. The van der Waals surface area contributed by atoms with E-state index in [0.29, 0.717) is 12.3 Å². The van der Waals surface area contributed by atoms with E-state index in [1.54, 1.807) is 6.07 Å². The molecule has 1 amide bonds. The Morgan fingerprint density at radius 2 is 2.29 bits per heavy atom. The first-order chi connectivity index (χ1) is 11.5. The molecule has 134 valence electrons. The Morgan fingerprint density at radius 1 is 1.50 bits per heavy atom. The molecular weight excluding hydrogens is 314 g/mol. The lowest BCUT2D eigenvalue weighted by Gasteiger charge is -2.12. The molecule has 0 aliphatic carbocycles. The summed E-state index contributed by atoms with van der Waals surface area (Å²) >= 11 is 0. The van der Waals surface area contributed by atoms with E-state index in [-0.39, 0.29) is 24.9 Å². The van der Waals surface area contributed by atoms with Crippen molar-refractivity contribution in [3.05, 3.63) is 22.7 Å². The van der Waals surface area contributed by atoms with Crippen molar-refractivity contribution in [3.8, 4) is 0 Å². The number of aliphatic hydroxyl groups excluding tert-OH is 1. The lowest BCUT2D eigenvalue weighted by molar-refractivity contribution is -0.116. The van der Waals surface area contributed by atoms with Crippen molar-refractivity contribution in [1.82, 2.24) is 9.55 Å². The average Bonchev–Trinajstić information content (AvgIpc) is 3.00. The van der Waals surface area contributed by atoms with Crippen LogP contribution in [0.25, 0.3) is 0 Å². The van der Waals surface area contributed by atoms with Crippen LogP contribution in [0.15, 0.2) is 17.1 Å². The molecular formula is C16H25N3O5. The van der Waals surface area contributed by atoms with Crippen molar-refractivity contribution < 1.29 is 19.4 Å². The smallest absolute Gasteiger partial charge is 0.351 e. The number of amides is 1. The van der Waals surface area contributed by atoms with E-state index in [4.69, 9.17) is 14.6 Å². The standard InChI is InChI=1S/C16H25N3O5/c1-11(2)5-3-4-6-13(21)17-12-7-8-19(16(22)18-12)14-10-23-15(9-20)24-14/h7-8,11,14-15,20H,3-6,9-10H2,1-2H3,(H,17,18,21,22). The summed E-state index contributed by atoms with van der Waals surface area (Å²) in [6.07, 6.45) is 3.48. The fraction of sp³-hybridized carbons (Fsp3) is 0.688. The quantitative estimate of drug-likeness (QED) is 0.691. The number of aromatic nitrogens is 2. The summed E-state index contributed by atoms with van der Waals surface area (Å²) in [6.45, 7) is 4.19. The van der Waals surface area contributed by atoms with Gasteiger partial charge in [0.25, 0.3) is 0 Å². The monoisotopic (exact) mass is 339 g/mol. The van der Waals surface area contributed by atoms with Crippen molar-refractivity contribution in [2.24, 2.45) is 5.92 Å². The third kappa shape index (κ3) is 5.40. The normalized spacial score (nSPS) is 20.5. The van der Waals surface area contributed by atoms with E-state index >= 15 is 0 Å². The predicted octanol–water partition coefficient (Wildman–Crippen LogP) is 1.26. The molecule has 1 aliphatic heterocycles. The molecule has 0 saturated carbocycles. The molecule has 2 atom stereocenters. The molecule has 24 heavy (non-hydrogen) atoms. The van der Waals surface area contributed by atoms with E-state index in [1.165, 1.54) is 10.8 Å². The zero-order valence-corrected chi connectivity index (χ0v) is 14.1. The number of nitrogens with zero attached hydrogens (tertiary/aromatic N) is 2. The first kappa shape index (κ1) is 18.6. The summed E-state index contributed by atoms with van der Waals surface area (Å²) in [5.74, 6) is 0.710. The number of hydrogen-bond acceptors (Lipinski definition) is 6. The molecule has 1 fully saturated rings. The van der Waals surface area contributed by atoms with E-state index in [9.17, 15) is 9.59 Å². The highest BCUT2D eigenvalue weighted by molar-refractivity contribution is 5.89. The fourth-order valence-electron chi connectivity index (χ4n) is 2.43. The van der Waals surface area contributed by atoms with Gasteiger partial charge in [0.1, 0.15) is 5.82 Å². The fourth-order valence-corrected chi connectivity index (χ4v) is 2.43. The molecule has 0 aromatic carbocycles. The van der Waals surface area contributed by atoms with Gasteiger partial charge in [0, 0.05) is 12.6 Å². The highest BCUT2D eigenvalue weighted by atomic mass is 16.7. The van der Waals surface area contributed by atoms with Crippen LogP contribution in [0.1, 0.15) is 45.8 Å². The van der Waals surface area contributed by atoms with E-state index in [0.717, 1.165) is 19.3 Å². The van der Waals surface area contributed by atoms with Gasteiger partial charge >= 0.3 is 5.69 Å². The summed E-state index contributed by atoms with van der Waals surface area (Å²) in [5.41, 5.74) is -0.542. The minimum Gasteiger partial charge on any atom is -0.391 e. The second kappa shape index (κ2) is 8.91. The summed E-state index contributed by atoms with van der Waals surface area (Å²) in [4.78, 5) is 27.7. The van der Waals surface area contributed by atoms with Crippen LogP contribution in [0.5, 0.6) is 0 Å². The van der Waals surface area contributed by atoms with Crippen molar-refractivity contribution in [2.75, 3.05) is 18.5 Å². The number of aliphatic hydroxyl groups is 1. The van der Waals surface area contributed by atoms with Gasteiger partial charge in [0.05, 0.1) is 13.2 Å². The molecule has 0 bridgehead atoms. The largest absolute Gasteiger partial charge is 0.391 e. The van der Waals surface area contributed by atoms with Crippen molar-refractivity contribution >= 4 is 11.7 Å². The molecule has 0 spiro atoms. The molecule has 1 aromatic rings. The van der Waals surface area contributed by atoms with Crippen LogP contribution < -0.4 is 11.0 Å². The molecule has 8 heteroatoms. The number of anilines is 1. The molecule has 2 unspecified atom stereocenters. The molecule has 2 N–H and O–H groups in total. The topological polar surface area (TPSA) is 103 Å². The zero-order chi connectivity index (χ0) is 17.5. The highest BCUT2D eigenvalue weighted by Crippen LogP contribution is 2.19. The maximum absolute atomic E-state index is 12.0. The highest BCUT2D eigenvalue weighted by Gasteiger charge is 2.27. The van der Waals surface area contributed by atoms with E-state index in [1.807, 2.05) is 0 Å². The van der Waals surface area contributed by atoms with Gasteiger partial charge in [-0.05, 0) is 18.4 Å². The third-order valence-corrected chi connectivity index (χ3v) is 3.73. The Morgan fingerprint density at radius 3 is 2.92 bits per heavy atom. The van der Waals surface area contributed by atoms with Crippen LogP contribution in [0.4, 0.5) is 5.82 Å². The van der Waals surface area contributed by atoms with Gasteiger partial charge in [0.2, 0.25) is 5.91 Å². The second-order valence-electron chi connectivity index (χ2n) is 6.23. The maximum atomic E-state index is 12.0. The Kier molecular flexibility index (Phi) is 6.89. The van der Waals surface area contributed by atoms with Crippen molar-refractivity contribution in [3.63, 3.8) is 0 Å². The Labute approximate surface area is 140 Å². The predicted molar refractivity (Wildman–Crippen MR) is 87.4 cm³/mol. The second-order valence-corrected chi connectivity index (χ2v) is 6.23. The molecule has 2 rings (SSSR count). The maximum Gasteiger partial charge on any atom is 0.351 e. The van der Waals surface area contributed by atoms with Crippen LogP contribution in [0.2, 0.25) is 0 Å². The molecule has 1 aromatic heterocycles. The van der Waals surface area contributed by atoms with E-state index in [2.05, 4.69) is 24.1 Å². The Balaban J connectivity index is 1.86. The minimum atomic E-state index is -0.730. The van der Waals surface area contributed by atoms with Crippen molar-refractivity contribution in [1.29, 1.82) is 0 Å². The Bertz CT molecular complexity index is 602. The van der Waals surface area contributed by atoms with Crippen LogP contribution in [-0.4, -0.2) is 40.1 Å². The molecule has 8 nitrogen and oxygen atoms in total. The minimum absolute atomic E-state index is 0.149. The summed E-state index contributed by atoms with van der Waals surface area (Å²) < 4.78 is 11.8. The number of unbranched alkanes of at least 4 members (excludes halogenated alkanes) is 1. The number of carbonyl (C=O) groups is 1. The van der Waals surface area contributed by atoms with Crippen molar-refractivity contribution in [2.45, 2.75) is 52.0 Å². The molecule has 1 saturated heterocycles. The number of carbonyl (C=O) groups excluding carboxylic acids is 1. The number of rotatable bonds is 8. The average molecular weight is 339 g/mol. The van der Waals surface area contributed by atoms with Gasteiger partial charge in [-0.25, -0.2) is 4.79 Å². The zero-order valence-electron chi connectivity index (χ0n) is 14.1. The number of nitrogens with one attached hydrogen (secondary N) is 1. The first-order valence-electron chi connectivity index (χ1n) is 8.26. The summed E-state index contributed by atoms with van der Waals surface area (Å²) in [6, 6.07) is 1.54. The van der Waals surface area contributed by atoms with Gasteiger partial charge in [-0.3, -0.25) is 9.36 Å². The lowest BCUT2D eigenvalue weighted by atomic mass is 10.1. The van der Waals surface area contributed by atoms with Gasteiger partial charge in [-0.15, -0.1) is 0 Å². The van der Waals surface area contributed by atoms with E-state index < -0.39 is 18.2 Å². The molecule has 1 aliphatic rings. The SMILES string of the molecule is CC(C)CCCCC(=O)Nc1ccn(C2COC(CO)O2)c(=O)n1. The lowest BCUT2D eigenvalue weighted by Crippen LogP contribution is -2.29. The number of ether oxygens (including phenoxy) is 2. The Hall–Kier alpha value is -1.77. The summed E-state index contributed by atoms with van der Waals surface area (Å²) in [5, 5.41) is 11.6.